The SMILES string of the molecule is C=CC(=O)OC(C)(OC1=CCCC1)OC1=CCCC1.C=CC(=O)OC12CC3CC(CC(C3)C1)C2. The lowest BCUT2D eigenvalue weighted by Crippen LogP contribution is -2.52. The van der Waals surface area contributed by atoms with Crippen molar-refractivity contribution in [3.63, 3.8) is 0 Å². The first-order chi connectivity index (χ1) is 16.3. The van der Waals surface area contributed by atoms with Crippen molar-refractivity contribution in [1.82, 2.24) is 0 Å². The summed E-state index contributed by atoms with van der Waals surface area (Å²) in [5.74, 6) is 1.93. The topological polar surface area (TPSA) is 71.1 Å². The first-order valence-electron chi connectivity index (χ1n) is 12.8. The molecule has 0 unspecified atom stereocenters. The van der Waals surface area contributed by atoms with E-state index in [2.05, 4.69) is 13.2 Å². The summed E-state index contributed by atoms with van der Waals surface area (Å²) in [6.45, 7) is 8.50. The van der Waals surface area contributed by atoms with E-state index in [0.29, 0.717) is 0 Å². The van der Waals surface area contributed by atoms with Crippen LogP contribution in [-0.4, -0.2) is 23.5 Å². The Morgan fingerprint density at radius 3 is 1.74 bits per heavy atom. The molecule has 6 heteroatoms. The van der Waals surface area contributed by atoms with Gasteiger partial charge in [0, 0.05) is 25.0 Å². The molecule has 0 amide bonds. The van der Waals surface area contributed by atoms with Gasteiger partial charge in [-0.15, -0.1) is 0 Å². The van der Waals surface area contributed by atoms with Gasteiger partial charge in [-0.3, -0.25) is 0 Å². The summed E-state index contributed by atoms with van der Waals surface area (Å²) in [6, 6.07) is 0. The van der Waals surface area contributed by atoms with Crippen LogP contribution in [-0.2, 0) is 28.5 Å². The molecule has 34 heavy (non-hydrogen) atoms. The number of hydrogen-bond acceptors (Lipinski definition) is 6. The van der Waals surface area contributed by atoms with Crippen LogP contribution in [0.25, 0.3) is 0 Å². The summed E-state index contributed by atoms with van der Waals surface area (Å²) in [7, 11) is 0. The monoisotopic (exact) mass is 470 g/mol. The van der Waals surface area contributed by atoms with E-state index in [1.807, 2.05) is 12.2 Å². The molecule has 0 aromatic heterocycles. The fourth-order valence-corrected chi connectivity index (χ4v) is 6.64. The highest BCUT2D eigenvalue weighted by Crippen LogP contribution is 2.57. The molecular formula is C28H38O6. The van der Waals surface area contributed by atoms with Gasteiger partial charge >= 0.3 is 17.9 Å². The summed E-state index contributed by atoms with van der Waals surface area (Å²) in [5.41, 5.74) is -0.0972. The summed E-state index contributed by atoms with van der Waals surface area (Å²) >= 11 is 0. The van der Waals surface area contributed by atoms with Crippen molar-refractivity contribution in [3.8, 4) is 0 Å². The quantitative estimate of drug-likeness (QED) is 0.237. The van der Waals surface area contributed by atoms with Crippen molar-refractivity contribution in [3.05, 3.63) is 49.0 Å². The zero-order chi connectivity index (χ0) is 24.2. The Morgan fingerprint density at radius 2 is 1.35 bits per heavy atom. The third kappa shape index (κ3) is 6.13. The predicted molar refractivity (Wildman–Crippen MR) is 128 cm³/mol. The Morgan fingerprint density at radius 1 is 0.882 bits per heavy atom. The molecule has 0 heterocycles. The standard InChI is InChI=1S/C15H20O4.C13H18O2/c1-3-14(16)19-15(2,17-12-8-4-5-9-12)18-13-10-6-7-11-13;1-2-12(14)15-13-6-9-3-10(7-13)5-11(4-9)8-13/h3,8,10H,1,4-7,9,11H2,2H3;2,9-11H,1,3-8H2. The van der Waals surface area contributed by atoms with Crippen LogP contribution < -0.4 is 0 Å². The van der Waals surface area contributed by atoms with Crippen LogP contribution in [0.1, 0.15) is 84.0 Å². The van der Waals surface area contributed by atoms with Crippen molar-refractivity contribution in [2.75, 3.05) is 0 Å². The maximum absolute atomic E-state index is 11.4. The van der Waals surface area contributed by atoms with E-state index >= 15 is 0 Å². The average molecular weight is 471 g/mol. The molecule has 0 atom stereocenters. The molecule has 0 radical (unpaired) electrons. The molecule has 6 nitrogen and oxygen atoms in total. The first-order valence-corrected chi connectivity index (χ1v) is 12.8. The third-order valence-electron chi connectivity index (χ3n) is 7.55. The first kappa shape index (κ1) is 24.6. The number of carbonyl (C=O) groups is 2. The van der Waals surface area contributed by atoms with E-state index in [-0.39, 0.29) is 11.6 Å². The number of carbonyl (C=O) groups excluding carboxylic acids is 2. The van der Waals surface area contributed by atoms with E-state index in [1.54, 1.807) is 6.92 Å². The second-order valence-electron chi connectivity index (χ2n) is 10.5. The van der Waals surface area contributed by atoms with Crippen molar-refractivity contribution in [1.29, 1.82) is 0 Å². The zero-order valence-corrected chi connectivity index (χ0v) is 20.4. The minimum Gasteiger partial charge on any atom is -0.456 e. The van der Waals surface area contributed by atoms with Crippen molar-refractivity contribution < 1.29 is 28.5 Å². The molecule has 0 aliphatic heterocycles. The third-order valence-corrected chi connectivity index (χ3v) is 7.55. The molecule has 4 saturated carbocycles. The van der Waals surface area contributed by atoms with Crippen LogP contribution in [0, 0.1) is 17.8 Å². The normalized spacial score (nSPS) is 30.9. The van der Waals surface area contributed by atoms with Crippen LogP contribution in [0.2, 0.25) is 0 Å². The molecule has 0 saturated heterocycles. The molecule has 186 valence electrons. The Kier molecular flexibility index (Phi) is 7.54. The average Bonchev–Trinajstić information content (AvgIpc) is 3.47. The number of esters is 2. The van der Waals surface area contributed by atoms with Gasteiger partial charge in [-0.05, 0) is 94.1 Å². The minimum absolute atomic E-state index is 0.0972. The summed E-state index contributed by atoms with van der Waals surface area (Å²) < 4.78 is 22.4. The molecule has 6 rings (SSSR count). The lowest BCUT2D eigenvalue weighted by atomic mass is 9.54. The predicted octanol–water partition coefficient (Wildman–Crippen LogP) is 6.24. The van der Waals surface area contributed by atoms with Crippen molar-refractivity contribution in [2.24, 2.45) is 17.8 Å². The van der Waals surface area contributed by atoms with Crippen molar-refractivity contribution in [2.45, 2.75) is 95.5 Å². The van der Waals surface area contributed by atoms with Gasteiger partial charge in [0.2, 0.25) is 0 Å². The number of rotatable bonds is 8. The second-order valence-corrected chi connectivity index (χ2v) is 10.5. The van der Waals surface area contributed by atoms with Crippen LogP contribution in [0.5, 0.6) is 0 Å². The van der Waals surface area contributed by atoms with E-state index in [1.165, 1.54) is 25.3 Å². The van der Waals surface area contributed by atoms with Gasteiger partial charge in [0.15, 0.2) is 0 Å². The van der Waals surface area contributed by atoms with Crippen molar-refractivity contribution >= 4 is 11.9 Å². The Hall–Kier alpha value is -2.50. The number of allylic oxidation sites excluding steroid dienone is 4. The molecule has 0 aromatic carbocycles. The molecule has 0 spiro atoms. The highest BCUT2D eigenvalue weighted by Gasteiger charge is 2.53. The lowest BCUT2D eigenvalue weighted by Gasteiger charge is -2.55. The Balaban J connectivity index is 0.000000165. The number of ether oxygens (including phenoxy) is 4. The van der Waals surface area contributed by atoms with Gasteiger partial charge in [0.25, 0.3) is 0 Å². The van der Waals surface area contributed by atoms with Gasteiger partial charge in [0.05, 0.1) is 6.92 Å². The zero-order valence-electron chi connectivity index (χ0n) is 20.4. The maximum Gasteiger partial charge on any atom is 0.415 e. The highest BCUT2D eigenvalue weighted by molar-refractivity contribution is 5.81. The van der Waals surface area contributed by atoms with Crippen LogP contribution in [0.15, 0.2) is 49.0 Å². The molecule has 6 aliphatic rings. The lowest BCUT2D eigenvalue weighted by molar-refractivity contribution is -0.321. The molecule has 0 N–H and O–H groups in total. The molecule has 4 bridgehead atoms. The fraction of sp³-hybridized carbons (Fsp3) is 0.643. The minimum atomic E-state index is -1.41. The molecule has 6 aliphatic carbocycles. The Labute approximate surface area is 203 Å². The highest BCUT2D eigenvalue weighted by atomic mass is 16.9. The number of hydrogen-bond donors (Lipinski definition) is 0. The summed E-state index contributed by atoms with van der Waals surface area (Å²) in [4.78, 5) is 22.8. The van der Waals surface area contributed by atoms with E-state index in [0.717, 1.165) is 93.1 Å². The van der Waals surface area contributed by atoms with Gasteiger partial charge in [-0.1, -0.05) is 13.2 Å². The van der Waals surface area contributed by atoms with Crippen LogP contribution >= 0.6 is 0 Å². The Bertz CT molecular complexity index is 805. The largest absolute Gasteiger partial charge is 0.456 e. The van der Waals surface area contributed by atoms with Crippen LogP contribution in [0.4, 0.5) is 0 Å². The van der Waals surface area contributed by atoms with Crippen LogP contribution in [0.3, 0.4) is 0 Å². The van der Waals surface area contributed by atoms with Gasteiger partial charge < -0.3 is 18.9 Å². The van der Waals surface area contributed by atoms with Gasteiger partial charge in [-0.2, -0.15) is 0 Å². The summed E-state index contributed by atoms with van der Waals surface area (Å²) in [5, 5.41) is 0. The van der Waals surface area contributed by atoms with E-state index in [4.69, 9.17) is 18.9 Å². The maximum atomic E-state index is 11.4. The molecular weight excluding hydrogens is 432 g/mol. The van der Waals surface area contributed by atoms with E-state index < -0.39 is 11.9 Å². The molecule has 0 aromatic rings. The smallest absolute Gasteiger partial charge is 0.415 e. The second kappa shape index (κ2) is 10.4. The van der Waals surface area contributed by atoms with Gasteiger partial charge in [-0.25, -0.2) is 9.59 Å². The fourth-order valence-electron chi connectivity index (χ4n) is 6.64. The summed E-state index contributed by atoms with van der Waals surface area (Å²) in [6.07, 6.45) is 19.7. The molecule has 4 fully saturated rings. The van der Waals surface area contributed by atoms with E-state index in [9.17, 15) is 9.59 Å². The van der Waals surface area contributed by atoms with Gasteiger partial charge in [0.1, 0.15) is 17.1 Å².